The summed E-state index contributed by atoms with van der Waals surface area (Å²) >= 11 is 0. The number of rotatable bonds is 4. The van der Waals surface area contributed by atoms with E-state index in [0.717, 1.165) is 27.6 Å². The summed E-state index contributed by atoms with van der Waals surface area (Å²) in [5, 5.41) is 7.11. The predicted molar refractivity (Wildman–Crippen MR) is 87.1 cm³/mol. The Kier molecular flexibility index (Phi) is 4.73. The van der Waals surface area contributed by atoms with Gasteiger partial charge in [-0.3, -0.25) is 0 Å². The molecule has 2 aromatic carbocycles. The van der Waals surface area contributed by atoms with Gasteiger partial charge in [0.2, 0.25) is 0 Å². The second kappa shape index (κ2) is 6.86. The van der Waals surface area contributed by atoms with E-state index < -0.39 is 29.9 Å². The maximum absolute atomic E-state index is 13.5. The van der Waals surface area contributed by atoms with Crippen LogP contribution in [0.15, 0.2) is 41.2 Å². The van der Waals surface area contributed by atoms with Gasteiger partial charge in [-0.2, -0.15) is 22.5 Å². The molecule has 1 heterocycles. The zero-order valence-electron chi connectivity index (χ0n) is 14.3. The molecule has 10 heteroatoms. The van der Waals surface area contributed by atoms with E-state index in [2.05, 4.69) is 10.4 Å². The number of tetrazole rings is 1. The fourth-order valence-electron chi connectivity index (χ4n) is 2.53. The van der Waals surface area contributed by atoms with Crippen LogP contribution in [0, 0.1) is 12.7 Å². The zero-order valence-corrected chi connectivity index (χ0v) is 14.3. The Bertz CT molecular complexity index is 1040. The van der Waals surface area contributed by atoms with Gasteiger partial charge in [0.25, 0.3) is 0 Å². The molecular formula is C17H14F4N4O2. The lowest BCUT2D eigenvalue weighted by Gasteiger charge is -2.17. The molecule has 0 bridgehead atoms. The molecule has 0 fully saturated rings. The van der Waals surface area contributed by atoms with Gasteiger partial charge in [0, 0.05) is 18.7 Å². The Labute approximate surface area is 150 Å². The van der Waals surface area contributed by atoms with Crippen molar-refractivity contribution in [3.63, 3.8) is 0 Å². The Morgan fingerprint density at radius 2 is 1.89 bits per heavy atom. The summed E-state index contributed by atoms with van der Waals surface area (Å²) in [7, 11) is 1.33. The van der Waals surface area contributed by atoms with Gasteiger partial charge in [0.05, 0.1) is 11.3 Å². The fraction of sp³-hybridized carbons (Fsp3) is 0.235. The Morgan fingerprint density at radius 3 is 2.52 bits per heavy atom. The van der Waals surface area contributed by atoms with Crippen molar-refractivity contribution in [3.8, 4) is 11.4 Å². The maximum atomic E-state index is 13.5. The van der Waals surface area contributed by atoms with Crippen LogP contribution in [0.3, 0.4) is 0 Å². The van der Waals surface area contributed by atoms with E-state index in [9.17, 15) is 22.4 Å². The minimum Gasteiger partial charge on any atom is -0.488 e. The third-order valence-corrected chi connectivity index (χ3v) is 3.93. The molecule has 3 aromatic rings. The molecule has 0 spiro atoms. The number of nitrogens with zero attached hydrogens (tertiary/aromatic N) is 4. The summed E-state index contributed by atoms with van der Waals surface area (Å²) in [6.45, 7) is 1.09. The summed E-state index contributed by atoms with van der Waals surface area (Å²) in [5.41, 5.74) is -1.56. The molecule has 6 nitrogen and oxygen atoms in total. The van der Waals surface area contributed by atoms with Gasteiger partial charge < -0.3 is 4.74 Å². The van der Waals surface area contributed by atoms with Crippen molar-refractivity contribution in [2.45, 2.75) is 19.7 Å². The highest BCUT2D eigenvalue weighted by atomic mass is 19.4. The molecule has 27 heavy (non-hydrogen) atoms. The predicted octanol–water partition coefficient (Wildman–Crippen LogP) is 3.01. The van der Waals surface area contributed by atoms with Crippen LogP contribution >= 0.6 is 0 Å². The highest BCUT2D eigenvalue weighted by molar-refractivity contribution is 5.46. The van der Waals surface area contributed by atoms with Crippen LogP contribution in [0.2, 0.25) is 0 Å². The van der Waals surface area contributed by atoms with Gasteiger partial charge >= 0.3 is 11.9 Å². The summed E-state index contributed by atoms with van der Waals surface area (Å²) < 4.78 is 60.9. The monoisotopic (exact) mass is 382 g/mol. The normalized spacial score (nSPS) is 11.6. The standard InChI is InChI=1S/C17H14F4N4O2/c1-10-6-7-11(18)8-15(10)27-9-12-13(17(19,20)21)4-3-5-14(12)25-16(26)24(2)22-23-25/h3-8H,9H2,1-2H3. The molecule has 0 aliphatic heterocycles. The average molecular weight is 382 g/mol. The molecule has 0 saturated carbocycles. The molecule has 0 amide bonds. The first-order valence-corrected chi connectivity index (χ1v) is 7.76. The molecule has 0 atom stereocenters. The van der Waals surface area contributed by atoms with Crippen molar-refractivity contribution < 1.29 is 22.3 Å². The van der Waals surface area contributed by atoms with Crippen LogP contribution in [0.25, 0.3) is 5.69 Å². The molecule has 0 aliphatic rings. The van der Waals surface area contributed by atoms with Crippen LogP contribution in [-0.4, -0.2) is 19.8 Å². The summed E-state index contributed by atoms with van der Waals surface area (Å²) in [4.78, 5) is 12.1. The fourth-order valence-corrected chi connectivity index (χ4v) is 2.53. The van der Waals surface area contributed by atoms with E-state index in [1.807, 2.05) is 0 Å². The molecule has 0 unspecified atom stereocenters. The van der Waals surface area contributed by atoms with Crippen molar-refractivity contribution in [1.82, 2.24) is 19.8 Å². The molecule has 0 N–H and O–H groups in total. The smallest absolute Gasteiger partial charge is 0.416 e. The van der Waals surface area contributed by atoms with Crippen LogP contribution in [0.5, 0.6) is 5.75 Å². The Hall–Kier alpha value is -3.17. The van der Waals surface area contributed by atoms with Gasteiger partial charge in [-0.1, -0.05) is 12.1 Å². The molecule has 0 radical (unpaired) electrons. The zero-order chi connectivity index (χ0) is 19.8. The number of benzene rings is 2. The largest absolute Gasteiger partial charge is 0.488 e. The maximum Gasteiger partial charge on any atom is 0.416 e. The quantitative estimate of drug-likeness (QED) is 0.651. The van der Waals surface area contributed by atoms with E-state index in [0.29, 0.717) is 5.56 Å². The number of aromatic nitrogens is 4. The minimum absolute atomic E-state index is 0.101. The Morgan fingerprint density at radius 1 is 1.15 bits per heavy atom. The van der Waals surface area contributed by atoms with Gasteiger partial charge in [-0.15, -0.1) is 0 Å². The molecule has 1 aromatic heterocycles. The number of aryl methyl sites for hydroxylation is 2. The minimum atomic E-state index is -4.68. The van der Waals surface area contributed by atoms with Gasteiger partial charge in [-0.05, 0) is 41.1 Å². The van der Waals surface area contributed by atoms with Crippen LogP contribution in [0.1, 0.15) is 16.7 Å². The topological polar surface area (TPSA) is 61.9 Å². The third kappa shape index (κ3) is 3.69. The van der Waals surface area contributed by atoms with Crippen molar-refractivity contribution in [3.05, 3.63) is 69.4 Å². The lowest BCUT2D eigenvalue weighted by atomic mass is 10.1. The van der Waals surface area contributed by atoms with Gasteiger partial charge in [0.15, 0.2) is 0 Å². The first-order valence-electron chi connectivity index (χ1n) is 7.76. The van der Waals surface area contributed by atoms with Gasteiger partial charge in [0.1, 0.15) is 18.2 Å². The van der Waals surface area contributed by atoms with Crippen molar-refractivity contribution in [2.24, 2.45) is 7.05 Å². The first-order chi connectivity index (χ1) is 12.7. The second-order valence-electron chi connectivity index (χ2n) is 5.80. The van der Waals surface area contributed by atoms with E-state index in [1.165, 1.54) is 25.2 Å². The number of halogens is 4. The summed E-state index contributed by atoms with van der Waals surface area (Å²) in [6, 6.07) is 7.10. The third-order valence-electron chi connectivity index (χ3n) is 3.93. The molecule has 0 aliphatic carbocycles. The Balaban J connectivity index is 2.10. The van der Waals surface area contributed by atoms with Crippen LogP contribution in [-0.2, 0) is 19.8 Å². The molecule has 3 rings (SSSR count). The lowest BCUT2D eigenvalue weighted by molar-refractivity contribution is -0.138. The average Bonchev–Trinajstić information content (AvgIpc) is 2.93. The molecular weight excluding hydrogens is 368 g/mol. The van der Waals surface area contributed by atoms with Crippen molar-refractivity contribution in [1.29, 1.82) is 0 Å². The number of alkyl halides is 3. The van der Waals surface area contributed by atoms with E-state index >= 15 is 0 Å². The van der Waals surface area contributed by atoms with E-state index in [-0.39, 0.29) is 17.0 Å². The molecule has 142 valence electrons. The van der Waals surface area contributed by atoms with Crippen LogP contribution in [0.4, 0.5) is 17.6 Å². The highest BCUT2D eigenvalue weighted by Gasteiger charge is 2.35. The summed E-state index contributed by atoms with van der Waals surface area (Å²) in [6.07, 6.45) is -4.68. The first kappa shape index (κ1) is 18.6. The number of hydrogen-bond acceptors (Lipinski definition) is 4. The number of ether oxygens (including phenoxy) is 1. The van der Waals surface area contributed by atoms with Crippen LogP contribution < -0.4 is 10.4 Å². The summed E-state index contributed by atoms with van der Waals surface area (Å²) in [5.74, 6) is -0.477. The SMILES string of the molecule is Cc1ccc(F)cc1OCc1c(-n2nnn(C)c2=O)cccc1C(F)(F)F. The highest BCUT2D eigenvalue weighted by Crippen LogP contribution is 2.35. The van der Waals surface area contributed by atoms with E-state index in [1.54, 1.807) is 6.92 Å². The van der Waals surface area contributed by atoms with Crippen molar-refractivity contribution >= 4 is 0 Å². The molecule has 0 saturated heterocycles. The lowest BCUT2D eigenvalue weighted by Crippen LogP contribution is -2.24. The van der Waals surface area contributed by atoms with E-state index in [4.69, 9.17) is 4.74 Å². The van der Waals surface area contributed by atoms with Crippen molar-refractivity contribution in [2.75, 3.05) is 0 Å². The van der Waals surface area contributed by atoms with Gasteiger partial charge in [-0.25, -0.2) is 9.18 Å². The second-order valence-corrected chi connectivity index (χ2v) is 5.80. The number of hydrogen-bond donors (Lipinski definition) is 0.